The highest BCUT2D eigenvalue weighted by atomic mass is 16.1. The first-order valence-electron chi connectivity index (χ1n) is 6.89. The largest absolute Gasteiger partial charge is 0.356 e. The Balaban J connectivity index is 1.84. The lowest BCUT2D eigenvalue weighted by Gasteiger charge is -2.07. The third-order valence-corrected chi connectivity index (χ3v) is 2.90. The van der Waals surface area contributed by atoms with Gasteiger partial charge in [0.05, 0.1) is 0 Å². The molecule has 108 valence electrons. The molecule has 0 aliphatic heterocycles. The van der Waals surface area contributed by atoms with Crippen molar-refractivity contribution >= 4 is 17.5 Å². The zero-order chi connectivity index (χ0) is 14.5. The lowest BCUT2D eigenvalue weighted by atomic mass is 10.2. The number of aromatic nitrogens is 3. The van der Waals surface area contributed by atoms with E-state index in [0.29, 0.717) is 31.4 Å². The van der Waals surface area contributed by atoms with Crippen LogP contribution in [0.2, 0.25) is 0 Å². The average Bonchev–Trinajstić information content (AvgIpc) is 2.81. The van der Waals surface area contributed by atoms with E-state index in [9.17, 15) is 4.79 Å². The van der Waals surface area contributed by atoms with Crippen LogP contribution in [0.5, 0.6) is 0 Å². The second-order valence-corrected chi connectivity index (χ2v) is 5.27. The number of nitrogens with zero attached hydrogens (tertiary/aromatic N) is 3. The number of fused-ring (bicyclic) bond motifs is 1. The fourth-order valence-electron chi connectivity index (χ4n) is 1.81. The van der Waals surface area contributed by atoms with Gasteiger partial charge in [-0.2, -0.15) is 4.98 Å². The number of nitrogens with one attached hydrogen (secondary N) is 2. The molecule has 0 saturated carbocycles. The molecule has 0 atom stereocenters. The summed E-state index contributed by atoms with van der Waals surface area (Å²) in [4.78, 5) is 16.0. The fraction of sp³-hybridized carbons (Fsp3) is 0.500. The van der Waals surface area contributed by atoms with Gasteiger partial charge in [0.2, 0.25) is 11.9 Å². The highest BCUT2D eigenvalue weighted by molar-refractivity contribution is 5.76. The summed E-state index contributed by atoms with van der Waals surface area (Å²) in [5, 5.41) is 10.3. The summed E-state index contributed by atoms with van der Waals surface area (Å²) in [6.45, 7) is 7.38. The minimum absolute atomic E-state index is 0.0474. The van der Waals surface area contributed by atoms with Gasteiger partial charge in [0.15, 0.2) is 5.65 Å². The van der Waals surface area contributed by atoms with Gasteiger partial charge in [0.25, 0.3) is 0 Å². The average molecular weight is 275 g/mol. The molecular formula is C14H21N5O. The summed E-state index contributed by atoms with van der Waals surface area (Å²) < 4.78 is 1.73. The Kier molecular flexibility index (Phi) is 4.55. The Morgan fingerprint density at radius 1 is 1.45 bits per heavy atom. The molecule has 2 rings (SSSR count). The van der Waals surface area contributed by atoms with Crippen molar-refractivity contribution < 1.29 is 4.79 Å². The summed E-state index contributed by atoms with van der Waals surface area (Å²) in [6.07, 6.45) is 2.27. The number of anilines is 1. The molecule has 0 radical (unpaired) electrons. The quantitative estimate of drug-likeness (QED) is 0.840. The second-order valence-electron chi connectivity index (χ2n) is 5.27. The van der Waals surface area contributed by atoms with Gasteiger partial charge in [-0.1, -0.05) is 19.9 Å². The molecule has 0 spiro atoms. The lowest BCUT2D eigenvalue weighted by Crippen LogP contribution is -2.28. The zero-order valence-electron chi connectivity index (χ0n) is 12.2. The van der Waals surface area contributed by atoms with Crippen LogP contribution < -0.4 is 10.6 Å². The number of hydrogen-bond donors (Lipinski definition) is 2. The number of aryl methyl sites for hydroxylation is 1. The van der Waals surface area contributed by atoms with Crippen LogP contribution in [-0.4, -0.2) is 33.6 Å². The van der Waals surface area contributed by atoms with Crippen LogP contribution in [0.15, 0.2) is 18.3 Å². The molecule has 2 aromatic heterocycles. The number of carbonyl (C=O) groups is 1. The first-order chi connectivity index (χ1) is 9.56. The summed E-state index contributed by atoms with van der Waals surface area (Å²) in [5.74, 6) is 1.07. The summed E-state index contributed by atoms with van der Waals surface area (Å²) in [7, 11) is 0. The Morgan fingerprint density at radius 2 is 2.25 bits per heavy atom. The van der Waals surface area contributed by atoms with Gasteiger partial charge in [0, 0.05) is 25.7 Å². The van der Waals surface area contributed by atoms with Crippen LogP contribution in [0, 0.1) is 12.8 Å². The maximum absolute atomic E-state index is 11.6. The Labute approximate surface area is 118 Å². The molecule has 6 heteroatoms. The van der Waals surface area contributed by atoms with Gasteiger partial charge in [-0.15, -0.1) is 5.10 Å². The molecule has 2 aromatic rings. The Hall–Kier alpha value is -2.11. The Morgan fingerprint density at radius 3 is 2.95 bits per heavy atom. The number of pyridine rings is 1. The van der Waals surface area contributed by atoms with E-state index in [1.807, 2.05) is 25.3 Å². The summed E-state index contributed by atoms with van der Waals surface area (Å²) >= 11 is 0. The van der Waals surface area contributed by atoms with Crippen molar-refractivity contribution in [3.63, 3.8) is 0 Å². The monoisotopic (exact) mass is 275 g/mol. The molecule has 0 aliphatic carbocycles. The molecule has 0 aromatic carbocycles. The van der Waals surface area contributed by atoms with Crippen molar-refractivity contribution in [3.05, 3.63) is 23.9 Å². The second kappa shape index (κ2) is 6.36. The number of rotatable bonds is 6. The van der Waals surface area contributed by atoms with Crippen molar-refractivity contribution in [3.8, 4) is 0 Å². The topological polar surface area (TPSA) is 71.3 Å². The molecule has 2 heterocycles. The summed E-state index contributed by atoms with van der Waals surface area (Å²) in [6, 6.07) is 3.92. The predicted molar refractivity (Wildman–Crippen MR) is 78.7 cm³/mol. The van der Waals surface area contributed by atoms with Gasteiger partial charge < -0.3 is 10.6 Å². The zero-order valence-corrected chi connectivity index (χ0v) is 12.2. The predicted octanol–water partition coefficient (Wildman–Crippen LogP) is 1.61. The first kappa shape index (κ1) is 14.3. The van der Waals surface area contributed by atoms with E-state index < -0.39 is 0 Å². The lowest BCUT2D eigenvalue weighted by molar-refractivity contribution is -0.120. The van der Waals surface area contributed by atoms with Crippen molar-refractivity contribution in [2.75, 3.05) is 18.4 Å². The van der Waals surface area contributed by atoms with Crippen LogP contribution in [0.25, 0.3) is 5.65 Å². The van der Waals surface area contributed by atoms with Crippen molar-refractivity contribution in [2.24, 2.45) is 5.92 Å². The number of hydrogen-bond acceptors (Lipinski definition) is 4. The van der Waals surface area contributed by atoms with Gasteiger partial charge in [-0.25, -0.2) is 4.52 Å². The molecule has 0 aliphatic rings. The van der Waals surface area contributed by atoms with E-state index >= 15 is 0 Å². The van der Waals surface area contributed by atoms with Crippen LogP contribution >= 0.6 is 0 Å². The maximum atomic E-state index is 11.6. The number of carbonyl (C=O) groups excluding carboxylic acids is 1. The number of amides is 1. The van der Waals surface area contributed by atoms with Gasteiger partial charge in [-0.05, 0) is 24.5 Å². The van der Waals surface area contributed by atoms with Crippen molar-refractivity contribution in [1.29, 1.82) is 0 Å². The first-order valence-corrected chi connectivity index (χ1v) is 6.89. The standard InChI is InChI=1S/C14H21N5O/c1-10(2)9-16-12(20)6-7-15-14-17-13-11(3)5-4-8-19(13)18-14/h4-5,8,10H,6-7,9H2,1-3H3,(H,15,18)(H,16,20). The van der Waals surface area contributed by atoms with Gasteiger partial charge in [-0.3, -0.25) is 4.79 Å². The third-order valence-electron chi connectivity index (χ3n) is 2.90. The van der Waals surface area contributed by atoms with Gasteiger partial charge >= 0.3 is 0 Å². The SMILES string of the molecule is Cc1cccn2nc(NCCC(=O)NCC(C)C)nc12. The fourth-order valence-corrected chi connectivity index (χ4v) is 1.81. The summed E-state index contributed by atoms with van der Waals surface area (Å²) in [5.41, 5.74) is 1.90. The normalized spacial score (nSPS) is 11.0. The van der Waals surface area contributed by atoms with Crippen LogP contribution in [0.3, 0.4) is 0 Å². The van der Waals surface area contributed by atoms with Crippen molar-refractivity contribution in [2.45, 2.75) is 27.2 Å². The molecule has 20 heavy (non-hydrogen) atoms. The van der Waals surface area contributed by atoms with Gasteiger partial charge in [0.1, 0.15) is 0 Å². The molecule has 0 fully saturated rings. The highest BCUT2D eigenvalue weighted by Gasteiger charge is 2.06. The van der Waals surface area contributed by atoms with E-state index in [2.05, 4.69) is 34.6 Å². The molecule has 2 N–H and O–H groups in total. The van der Waals surface area contributed by atoms with E-state index in [1.54, 1.807) is 4.52 Å². The molecular weight excluding hydrogens is 254 g/mol. The Bertz CT molecular complexity index is 590. The maximum Gasteiger partial charge on any atom is 0.243 e. The van der Waals surface area contributed by atoms with Crippen LogP contribution in [0.1, 0.15) is 25.8 Å². The molecule has 0 bridgehead atoms. The van der Waals surface area contributed by atoms with E-state index in [0.717, 1.165) is 11.2 Å². The third kappa shape index (κ3) is 3.69. The van der Waals surface area contributed by atoms with E-state index in [1.165, 1.54) is 0 Å². The van der Waals surface area contributed by atoms with Crippen LogP contribution in [-0.2, 0) is 4.79 Å². The van der Waals surface area contributed by atoms with E-state index in [4.69, 9.17) is 0 Å². The minimum atomic E-state index is 0.0474. The molecule has 0 unspecified atom stereocenters. The smallest absolute Gasteiger partial charge is 0.243 e. The van der Waals surface area contributed by atoms with E-state index in [-0.39, 0.29) is 5.91 Å². The minimum Gasteiger partial charge on any atom is -0.356 e. The highest BCUT2D eigenvalue weighted by Crippen LogP contribution is 2.09. The van der Waals surface area contributed by atoms with Crippen molar-refractivity contribution in [1.82, 2.24) is 19.9 Å². The van der Waals surface area contributed by atoms with Crippen LogP contribution in [0.4, 0.5) is 5.95 Å². The molecule has 0 saturated heterocycles. The molecule has 6 nitrogen and oxygen atoms in total. The molecule has 1 amide bonds.